The van der Waals surface area contributed by atoms with Crippen molar-refractivity contribution in [2.45, 2.75) is 37.5 Å². The molecule has 1 aromatic heterocycles. The predicted octanol–water partition coefficient (Wildman–Crippen LogP) is 5.68. The zero-order valence-electron chi connectivity index (χ0n) is 16.0. The molecule has 0 atom stereocenters. The predicted molar refractivity (Wildman–Crippen MR) is 110 cm³/mol. The van der Waals surface area contributed by atoms with E-state index >= 15 is 0 Å². The van der Waals surface area contributed by atoms with E-state index in [1.165, 1.54) is 18.2 Å². The molecule has 0 aliphatic carbocycles. The summed E-state index contributed by atoms with van der Waals surface area (Å²) in [5.74, 6) is -0.590. The number of halogens is 2. The molecule has 1 N–H and O–H groups in total. The Morgan fingerprint density at radius 1 is 0.964 bits per heavy atom. The number of hydrogen-bond donors (Lipinski definition) is 1. The molecule has 2 aromatic carbocycles. The summed E-state index contributed by atoms with van der Waals surface area (Å²) in [7, 11) is -4.00. The third-order valence-electron chi connectivity index (χ3n) is 4.41. The Morgan fingerprint density at radius 3 is 2.21 bits per heavy atom. The lowest BCUT2D eigenvalue weighted by atomic mass is 10.1. The summed E-state index contributed by atoms with van der Waals surface area (Å²) < 4.78 is 40.2. The molecule has 0 aliphatic rings. The summed E-state index contributed by atoms with van der Waals surface area (Å²) in [6.45, 7) is 7.67. The molecule has 1 heterocycles. The van der Waals surface area contributed by atoms with Crippen LogP contribution in [0.3, 0.4) is 0 Å². The topological polar surface area (TPSA) is 59.1 Å². The van der Waals surface area contributed by atoms with Crippen LogP contribution in [0.4, 0.5) is 15.9 Å². The number of nitrogens with zero attached hydrogens (tertiary/aromatic N) is 1. The van der Waals surface area contributed by atoms with Crippen LogP contribution < -0.4 is 5.32 Å². The first-order valence-corrected chi connectivity index (χ1v) is 10.5. The quantitative estimate of drug-likeness (QED) is 0.591. The first kappa shape index (κ1) is 20.3. The maximum atomic E-state index is 13.9. The van der Waals surface area contributed by atoms with Crippen LogP contribution in [0.2, 0.25) is 5.02 Å². The minimum absolute atomic E-state index is 0.0285. The van der Waals surface area contributed by atoms with E-state index < -0.39 is 15.7 Å². The zero-order chi connectivity index (χ0) is 20.6. The molecule has 7 heteroatoms. The second-order valence-electron chi connectivity index (χ2n) is 6.78. The van der Waals surface area contributed by atoms with Gasteiger partial charge in [-0.15, -0.1) is 0 Å². The van der Waals surface area contributed by atoms with Crippen LogP contribution in [0.5, 0.6) is 0 Å². The number of pyridine rings is 1. The van der Waals surface area contributed by atoms with Crippen molar-refractivity contribution in [2.75, 3.05) is 5.32 Å². The molecule has 0 spiro atoms. The molecule has 0 radical (unpaired) electrons. The molecule has 3 rings (SSSR count). The molecule has 4 nitrogen and oxygen atoms in total. The molecule has 146 valence electrons. The van der Waals surface area contributed by atoms with Crippen LogP contribution in [0.25, 0.3) is 0 Å². The summed E-state index contributed by atoms with van der Waals surface area (Å²) in [5, 5.41) is 3.03. The van der Waals surface area contributed by atoms with Crippen LogP contribution in [0, 0.1) is 33.5 Å². The molecule has 0 bridgehead atoms. The van der Waals surface area contributed by atoms with E-state index in [4.69, 9.17) is 11.6 Å². The number of nitrogens with one attached hydrogen (secondary N) is 1. The molecule has 0 unspecified atom stereocenters. The van der Waals surface area contributed by atoms with Crippen LogP contribution in [-0.2, 0) is 9.84 Å². The summed E-state index contributed by atoms with van der Waals surface area (Å²) in [5.41, 5.74) is 4.51. The molecule has 0 amide bonds. The largest absolute Gasteiger partial charge is 0.339 e. The van der Waals surface area contributed by atoms with Gasteiger partial charge in [0.05, 0.1) is 9.92 Å². The van der Waals surface area contributed by atoms with Crippen molar-refractivity contribution >= 4 is 32.9 Å². The molecular formula is C21H20ClFN2O2S. The van der Waals surface area contributed by atoms with Gasteiger partial charge >= 0.3 is 0 Å². The van der Waals surface area contributed by atoms with Gasteiger partial charge in [-0.3, -0.25) is 0 Å². The lowest BCUT2D eigenvalue weighted by Gasteiger charge is -2.17. The fraction of sp³-hybridized carbons (Fsp3) is 0.190. The lowest BCUT2D eigenvalue weighted by molar-refractivity contribution is 0.591. The Morgan fingerprint density at radius 2 is 1.61 bits per heavy atom. The summed E-state index contributed by atoms with van der Waals surface area (Å²) in [6.07, 6.45) is 0. The number of aromatic nitrogens is 1. The van der Waals surface area contributed by atoms with Crippen LogP contribution in [0.1, 0.15) is 22.4 Å². The Kier molecular flexibility index (Phi) is 5.46. The second kappa shape index (κ2) is 7.53. The van der Waals surface area contributed by atoms with E-state index in [1.807, 2.05) is 32.9 Å². The minimum Gasteiger partial charge on any atom is -0.339 e. The SMILES string of the molecule is Cc1cc(C)c(Nc2nc(C)ccc2S(=O)(=O)c2ccc(Cl)c(F)c2)c(C)c1. The van der Waals surface area contributed by atoms with Crippen molar-refractivity contribution in [3.63, 3.8) is 0 Å². The fourth-order valence-corrected chi connectivity index (χ4v) is 4.59. The van der Waals surface area contributed by atoms with E-state index in [9.17, 15) is 12.8 Å². The van der Waals surface area contributed by atoms with Gasteiger partial charge in [0.15, 0.2) is 0 Å². The van der Waals surface area contributed by atoms with E-state index in [0.717, 1.165) is 28.4 Å². The highest BCUT2D eigenvalue weighted by Crippen LogP contribution is 2.32. The number of rotatable bonds is 4. The highest BCUT2D eigenvalue weighted by Gasteiger charge is 2.24. The first-order chi connectivity index (χ1) is 13.1. The highest BCUT2D eigenvalue weighted by atomic mass is 35.5. The third-order valence-corrected chi connectivity index (χ3v) is 6.50. The standard InChI is InChI=1S/C21H20ClFN2O2S/c1-12-9-13(2)20(14(3)10-12)25-21-19(8-5-15(4)24-21)28(26,27)16-6-7-17(22)18(23)11-16/h5-11H,1-4H3,(H,24,25). The van der Waals surface area contributed by atoms with Crippen molar-refractivity contribution in [3.05, 3.63) is 75.7 Å². The van der Waals surface area contributed by atoms with Gasteiger partial charge in [0.1, 0.15) is 16.5 Å². The third kappa shape index (κ3) is 3.88. The maximum absolute atomic E-state index is 13.9. The smallest absolute Gasteiger partial charge is 0.210 e. The summed E-state index contributed by atoms with van der Waals surface area (Å²) in [6, 6.07) is 10.5. The highest BCUT2D eigenvalue weighted by molar-refractivity contribution is 7.91. The zero-order valence-corrected chi connectivity index (χ0v) is 17.5. The average molecular weight is 419 g/mol. The molecule has 0 saturated carbocycles. The molecular weight excluding hydrogens is 399 g/mol. The van der Waals surface area contributed by atoms with Crippen LogP contribution in [-0.4, -0.2) is 13.4 Å². The summed E-state index contributed by atoms with van der Waals surface area (Å²) in [4.78, 5) is 4.19. The minimum atomic E-state index is -4.00. The van der Waals surface area contributed by atoms with Crippen molar-refractivity contribution in [1.82, 2.24) is 4.98 Å². The van der Waals surface area contributed by atoms with Gasteiger partial charge in [-0.05, 0) is 69.2 Å². The van der Waals surface area contributed by atoms with Crippen molar-refractivity contribution < 1.29 is 12.8 Å². The Labute approximate surface area is 169 Å². The molecule has 0 fully saturated rings. The molecule has 3 aromatic rings. The fourth-order valence-electron chi connectivity index (χ4n) is 3.12. The van der Waals surface area contributed by atoms with E-state index in [-0.39, 0.29) is 20.6 Å². The Hall–Kier alpha value is -2.44. The van der Waals surface area contributed by atoms with E-state index in [2.05, 4.69) is 10.3 Å². The average Bonchev–Trinajstić information content (AvgIpc) is 2.60. The first-order valence-electron chi connectivity index (χ1n) is 8.62. The Balaban J connectivity index is 2.15. The number of benzene rings is 2. The number of sulfone groups is 1. The van der Waals surface area contributed by atoms with Gasteiger partial charge in [0.2, 0.25) is 9.84 Å². The van der Waals surface area contributed by atoms with E-state index in [0.29, 0.717) is 5.69 Å². The molecule has 0 saturated heterocycles. The van der Waals surface area contributed by atoms with Gasteiger partial charge in [-0.1, -0.05) is 29.3 Å². The van der Waals surface area contributed by atoms with Gasteiger partial charge in [0.25, 0.3) is 0 Å². The number of hydrogen-bond acceptors (Lipinski definition) is 4. The lowest BCUT2D eigenvalue weighted by Crippen LogP contribution is -2.09. The van der Waals surface area contributed by atoms with Gasteiger partial charge in [0, 0.05) is 11.4 Å². The number of anilines is 2. The van der Waals surface area contributed by atoms with Gasteiger partial charge in [-0.25, -0.2) is 17.8 Å². The van der Waals surface area contributed by atoms with E-state index in [1.54, 1.807) is 13.0 Å². The summed E-state index contributed by atoms with van der Waals surface area (Å²) >= 11 is 5.69. The molecule has 0 aliphatic heterocycles. The van der Waals surface area contributed by atoms with Gasteiger partial charge < -0.3 is 5.32 Å². The van der Waals surface area contributed by atoms with Crippen molar-refractivity contribution in [1.29, 1.82) is 0 Å². The molecule has 28 heavy (non-hydrogen) atoms. The second-order valence-corrected chi connectivity index (χ2v) is 9.10. The van der Waals surface area contributed by atoms with Crippen molar-refractivity contribution in [2.24, 2.45) is 0 Å². The van der Waals surface area contributed by atoms with Crippen LogP contribution >= 0.6 is 11.6 Å². The van der Waals surface area contributed by atoms with Crippen molar-refractivity contribution in [3.8, 4) is 0 Å². The normalized spacial score (nSPS) is 11.5. The number of aryl methyl sites for hydroxylation is 4. The Bertz CT molecular complexity index is 1150. The maximum Gasteiger partial charge on any atom is 0.210 e. The van der Waals surface area contributed by atoms with Gasteiger partial charge in [-0.2, -0.15) is 0 Å². The van der Waals surface area contributed by atoms with Crippen LogP contribution in [0.15, 0.2) is 52.3 Å². The monoisotopic (exact) mass is 418 g/mol.